The summed E-state index contributed by atoms with van der Waals surface area (Å²) in [5.74, 6) is -0.898. The Morgan fingerprint density at radius 3 is 2.29 bits per heavy atom. The fourth-order valence-electron chi connectivity index (χ4n) is 2.95. The second kappa shape index (κ2) is 10.8. The largest absolute Gasteiger partial charge is 0.355 e. The molecule has 2 aromatic rings. The summed E-state index contributed by atoms with van der Waals surface area (Å²) in [6.07, 6.45) is 1.03. The number of amides is 2. The molecule has 0 fully saturated rings. The number of rotatable bonds is 9. The van der Waals surface area contributed by atoms with Gasteiger partial charge in [0.2, 0.25) is 21.8 Å². The first-order valence-electron chi connectivity index (χ1n) is 9.58. The van der Waals surface area contributed by atoms with Gasteiger partial charge in [-0.1, -0.05) is 47.5 Å². The minimum absolute atomic E-state index is 0.0134. The van der Waals surface area contributed by atoms with Crippen molar-refractivity contribution in [3.8, 4) is 0 Å². The fraction of sp³-hybridized carbons (Fsp3) is 0.333. The highest BCUT2D eigenvalue weighted by atomic mass is 35.5. The monoisotopic (exact) mass is 485 g/mol. The van der Waals surface area contributed by atoms with E-state index in [1.165, 1.54) is 4.90 Å². The molecule has 0 aliphatic rings. The van der Waals surface area contributed by atoms with Crippen molar-refractivity contribution in [1.82, 2.24) is 10.2 Å². The number of likely N-dealkylation sites (N-methyl/N-ethyl adjacent to an activating group) is 1. The summed E-state index contributed by atoms with van der Waals surface area (Å²) in [4.78, 5) is 27.1. The van der Waals surface area contributed by atoms with Crippen molar-refractivity contribution in [3.63, 3.8) is 0 Å². The van der Waals surface area contributed by atoms with Gasteiger partial charge in [-0.15, -0.1) is 0 Å². The lowest BCUT2D eigenvalue weighted by atomic mass is 10.1. The third-order valence-electron chi connectivity index (χ3n) is 4.60. The number of benzene rings is 2. The lowest BCUT2D eigenvalue weighted by Gasteiger charge is -2.31. The molecule has 0 aliphatic carbocycles. The summed E-state index contributed by atoms with van der Waals surface area (Å²) in [7, 11) is -3.75. The maximum atomic E-state index is 13.3. The van der Waals surface area contributed by atoms with Crippen LogP contribution in [0.3, 0.4) is 0 Å². The molecule has 0 saturated carbocycles. The molecule has 2 rings (SSSR count). The number of anilines is 1. The Morgan fingerprint density at radius 1 is 1.10 bits per heavy atom. The van der Waals surface area contributed by atoms with Gasteiger partial charge in [-0.2, -0.15) is 0 Å². The molecule has 0 bridgehead atoms. The molecule has 0 aromatic heterocycles. The van der Waals surface area contributed by atoms with Crippen molar-refractivity contribution in [2.45, 2.75) is 26.4 Å². The lowest BCUT2D eigenvalue weighted by Crippen LogP contribution is -2.51. The molecule has 0 unspecified atom stereocenters. The average molecular weight is 486 g/mol. The van der Waals surface area contributed by atoms with Gasteiger partial charge in [-0.3, -0.25) is 13.9 Å². The van der Waals surface area contributed by atoms with Gasteiger partial charge in [0, 0.05) is 23.1 Å². The number of sulfonamides is 1. The third-order valence-corrected chi connectivity index (χ3v) is 6.33. The predicted octanol–water partition coefficient (Wildman–Crippen LogP) is 3.31. The van der Waals surface area contributed by atoms with Crippen molar-refractivity contribution < 1.29 is 18.0 Å². The van der Waals surface area contributed by atoms with Gasteiger partial charge in [0.05, 0.1) is 11.9 Å². The van der Waals surface area contributed by atoms with E-state index in [4.69, 9.17) is 23.2 Å². The molecular formula is C21H25Cl2N3O4S. The minimum Gasteiger partial charge on any atom is -0.355 e. The summed E-state index contributed by atoms with van der Waals surface area (Å²) in [6, 6.07) is 12.3. The van der Waals surface area contributed by atoms with E-state index in [0.29, 0.717) is 27.8 Å². The summed E-state index contributed by atoms with van der Waals surface area (Å²) >= 11 is 12.2. The number of halogens is 2. The number of carbonyl (C=O) groups excluding carboxylic acids is 2. The lowest BCUT2D eigenvalue weighted by molar-refractivity contribution is -0.139. The minimum atomic E-state index is -3.75. The maximum absolute atomic E-state index is 13.3. The van der Waals surface area contributed by atoms with Crippen LogP contribution in [-0.4, -0.2) is 50.5 Å². The summed E-state index contributed by atoms with van der Waals surface area (Å²) in [5.41, 5.74) is 0.940. The topological polar surface area (TPSA) is 86.8 Å². The first kappa shape index (κ1) is 25.0. The highest BCUT2D eigenvalue weighted by Crippen LogP contribution is 2.24. The van der Waals surface area contributed by atoms with Gasteiger partial charge in [0.15, 0.2) is 0 Å². The van der Waals surface area contributed by atoms with Crippen molar-refractivity contribution in [1.29, 1.82) is 0 Å². The van der Waals surface area contributed by atoms with Crippen LogP contribution in [0, 0.1) is 0 Å². The highest BCUT2D eigenvalue weighted by molar-refractivity contribution is 7.92. The molecule has 0 spiro atoms. The van der Waals surface area contributed by atoms with Crippen molar-refractivity contribution in [3.05, 3.63) is 64.1 Å². The van der Waals surface area contributed by atoms with Gasteiger partial charge in [-0.25, -0.2) is 8.42 Å². The van der Waals surface area contributed by atoms with Crippen molar-refractivity contribution in [2.24, 2.45) is 0 Å². The fourth-order valence-corrected chi connectivity index (χ4v) is 4.26. The molecule has 1 atom stereocenters. The van der Waals surface area contributed by atoms with E-state index in [1.54, 1.807) is 62.4 Å². The van der Waals surface area contributed by atoms with E-state index in [1.807, 2.05) is 0 Å². The molecule has 2 aromatic carbocycles. The number of para-hydroxylation sites is 1. The number of hydrogen-bond acceptors (Lipinski definition) is 4. The second-order valence-corrected chi connectivity index (χ2v) is 9.68. The van der Waals surface area contributed by atoms with Crippen LogP contribution in [0.1, 0.15) is 19.4 Å². The molecule has 168 valence electrons. The number of nitrogens with zero attached hydrogens (tertiary/aromatic N) is 2. The van der Waals surface area contributed by atoms with Crippen molar-refractivity contribution >= 4 is 50.7 Å². The van der Waals surface area contributed by atoms with Crippen LogP contribution >= 0.6 is 23.2 Å². The molecule has 10 heteroatoms. The van der Waals surface area contributed by atoms with Crippen molar-refractivity contribution in [2.75, 3.05) is 23.7 Å². The Labute approximate surface area is 193 Å². The summed E-state index contributed by atoms with van der Waals surface area (Å²) in [6.45, 7) is 3.30. The van der Waals surface area contributed by atoms with E-state index in [2.05, 4.69) is 5.32 Å². The molecular weight excluding hydrogens is 461 g/mol. The SMILES string of the molecule is CCNC(=O)[C@H](C)N(Cc1ccc(Cl)cc1Cl)C(=O)CN(c1ccccc1)S(C)(=O)=O. The summed E-state index contributed by atoms with van der Waals surface area (Å²) < 4.78 is 25.8. The van der Waals surface area contributed by atoms with Crippen LogP contribution in [0.15, 0.2) is 48.5 Å². The van der Waals surface area contributed by atoms with Crippen LogP contribution < -0.4 is 9.62 Å². The standard InChI is InChI=1S/C21H25Cl2N3O4S/c1-4-24-21(28)15(2)25(13-16-10-11-17(22)12-19(16)23)20(27)14-26(31(3,29)30)18-8-6-5-7-9-18/h5-12,15H,4,13-14H2,1-3H3,(H,24,28)/t15-/m0/s1. The Bertz CT molecular complexity index is 1030. The van der Waals surface area contributed by atoms with Crippen LogP contribution in [0.2, 0.25) is 10.0 Å². The van der Waals surface area contributed by atoms with Gasteiger partial charge >= 0.3 is 0 Å². The second-order valence-electron chi connectivity index (χ2n) is 6.93. The molecule has 2 amide bonds. The van der Waals surface area contributed by atoms with Crippen LogP contribution in [0.25, 0.3) is 0 Å². The first-order valence-corrected chi connectivity index (χ1v) is 12.2. The zero-order chi connectivity index (χ0) is 23.2. The first-order chi connectivity index (χ1) is 14.5. The molecule has 31 heavy (non-hydrogen) atoms. The van der Waals surface area contributed by atoms with E-state index in [-0.39, 0.29) is 12.5 Å². The maximum Gasteiger partial charge on any atom is 0.244 e. The zero-order valence-corrected chi connectivity index (χ0v) is 19.8. The van der Waals surface area contributed by atoms with E-state index >= 15 is 0 Å². The van der Waals surface area contributed by atoms with Gasteiger partial charge < -0.3 is 10.2 Å². The smallest absolute Gasteiger partial charge is 0.244 e. The zero-order valence-electron chi connectivity index (χ0n) is 17.5. The molecule has 0 heterocycles. The average Bonchev–Trinajstić information content (AvgIpc) is 2.70. The molecule has 0 aliphatic heterocycles. The van der Waals surface area contributed by atoms with Gasteiger partial charge in [0.1, 0.15) is 12.6 Å². The third kappa shape index (κ3) is 6.85. The van der Waals surface area contributed by atoms with Gasteiger partial charge in [-0.05, 0) is 43.7 Å². The Balaban J connectivity index is 2.39. The quantitative estimate of drug-likeness (QED) is 0.589. The molecule has 0 radical (unpaired) electrons. The highest BCUT2D eigenvalue weighted by Gasteiger charge is 2.30. The Hall–Kier alpha value is -2.29. The van der Waals surface area contributed by atoms with E-state index in [0.717, 1.165) is 10.6 Å². The molecule has 7 nitrogen and oxygen atoms in total. The van der Waals surface area contributed by atoms with Gasteiger partial charge in [0.25, 0.3) is 0 Å². The Kier molecular flexibility index (Phi) is 8.73. The predicted molar refractivity (Wildman–Crippen MR) is 124 cm³/mol. The van der Waals surface area contributed by atoms with Crippen LogP contribution in [0.4, 0.5) is 5.69 Å². The normalized spacial score (nSPS) is 12.2. The number of hydrogen-bond donors (Lipinski definition) is 1. The summed E-state index contributed by atoms with van der Waals surface area (Å²) in [5, 5.41) is 3.47. The van der Waals surface area contributed by atoms with E-state index < -0.39 is 28.5 Å². The molecule has 0 saturated heterocycles. The Morgan fingerprint density at radius 2 is 1.74 bits per heavy atom. The number of nitrogens with one attached hydrogen (secondary N) is 1. The van der Waals surface area contributed by atoms with E-state index in [9.17, 15) is 18.0 Å². The number of carbonyl (C=O) groups is 2. The molecule has 1 N–H and O–H groups in total. The van der Waals surface area contributed by atoms with Crippen LogP contribution in [-0.2, 0) is 26.2 Å². The van der Waals surface area contributed by atoms with Crippen LogP contribution in [0.5, 0.6) is 0 Å².